The first kappa shape index (κ1) is 11.3. The van der Waals surface area contributed by atoms with Gasteiger partial charge in [-0.3, -0.25) is 19.5 Å². The molecule has 0 spiro atoms. The van der Waals surface area contributed by atoms with E-state index in [1.54, 1.807) is 34.0 Å². The molecule has 90 valence electrons. The van der Waals surface area contributed by atoms with Gasteiger partial charge in [-0.05, 0) is 12.1 Å². The molecule has 7 nitrogen and oxygen atoms in total. The second-order valence-corrected chi connectivity index (χ2v) is 3.50. The molecular weight excluding hydrogens is 222 g/mol. The zero-order valence-corrected chi connectivity index (χ0v) is 9.10. The molecule has 0 aromatic carbocycles. The second kappa shape index (κ2) is 5.26. The third-order valence-electron chi connectivity index (χ3n) is 2.25. The van der Waals surface area contributed by atoms with Crippen molar-refractivity contribution in [3.05, 3.63) is 36.9 Å². The van der Waals surface area contributed by atoms with Crippen LogP contribution in [0.5, 0.6) is 0 Å². The molecule has 2 aromatic heterocycles. The normalized spacial score (nSPS) is 12.5. The summed E-state index contributed by atoms with van der Waals surface area (Å²) in [6, 6.07) is 3.61. The average molecular weight is 235 g/mol. The Bertz CT molecular complexity index is 451. The highest BCUT2D eigenvalue weighted by Crippen LogP contribution is 2.03. The summed E-state index contributed by atoms with van der Waals surface area (Å²) in [5.74, 6) is -0.900. The molecule has 0 amide bonds. The number of hydrogen-bond acceptors (Lipinski definition) is 4. The van der Waals surface area contributed by atoms with Crippen molar-refractivity contribution < 1.29 is 9.90 Å². The van der Waals surface area contributed by atoms with Crippen molar-refractivity contribution in [2.45, 2.75) is 12.7 Å². The molecule has 1 atom stereocenters. The van der Waals surface area contributed by atoms with Crippen LogP contribution in [0.4, 0.5) is 0 Å². The standard InChI is InChI=1S/C10H13N5O2/c16-10(17)7-11-9(15-6-2-4-13-15)8-14-5-1-3-12-14/h1-6,9,11H,7-8H2,(H,16,17). The van der Waals surface area contributed by atoms with E-state index >= 15 is 0 Å². The minimum Gasteiger partial charge on any atom is -0.480 e. The maximum atomic E-state index is 10.6. The lowest BCUT2D eigenvalue weighted by Gasteiger charge is -2.18. The van der Waals surface area contributed by atoms with Gasteiger partial charge in [0.25, 0.3) is 0 Å². The van der Waals surface area contributed by atoms with Crippen molar-refractivity contribution in [2.75, 3.05) is 6.54 Å². The monoisotopic (exact) mass is 235 g/mol. The maximum Gasteiger partial charge on any atom is 0.317 e. The highest BCUT2D eigenvalue weighted by Gasteiger charge is 2.12. The number of aromatic nitrogens is 4. The molecule has 0 aliphatic carbocycles. The summed E-state index contributed by atoms with van der Waals surface area (Å²) in [5, 5.41) is 19.7. The summed E-state index contributed by atoms with van der Waals surface area (Å²) in [6.45, 7) is 0.397. The summed E-state index contributed by atoms with van der Waals surface area (Å²) in [6.07, 6.45) is 6.69. The van der Waals surface area contributed by atoms with Gasteiger partial charge in [0, 0.05) is 24.8 Å². The Balaban J connectivity index is 2.04. The predicted octanol–water partition coefficient (Wildman–Crippen LogP) is -0.0474. The number of carboxylic acid groups (broad SMARTS) is 1. The van der Waals surface area contributed by atoms with Crippen LogP contribution < -0.4 is 5.32 Å². The Morgan fingerprint density at radius 2 is 2.06 bits per heavy atom. The van der Waals surface area contributed by atoms with Crippen LogP contribution in [0.15, 0.2) is 36.9 Å². The van der Waals surface area contributed by atoms with Crippen molar-refractivity contribution in [1.29, 1.82) is 0 Å². The summed E-state index contributed by atoms with van der Waals surface area (Å²) in [7, 11) is 0. The van der Waals surface area contributed by atoms with E-state index in [9.17, 15) is 4.79 Å². The number of nitrogens with zero attached hydrogens (tertiary/aromatic N) is 4. The molecule has 0 fully saturated rings. The number of nitrogens with one attached hydrogen (secondary N) is 1. The Morgan fingerprint density at radius 1 is 1.29 bits per heavy atom. The molecule has 2 heterocycles. The second-order valence-electron chi connectivity index (χ2n) is 3.50. The molecule has 1 unspecified atom stereocenters. The molecular formula is C10H13N5O2. The topological polar surface area (TPSA) is 85.0 Å². The van der Waals surface area contributed by atoms with E-state index < -0.39 is 5.97 Å². The Morgan fingerprint density at radius 3 is 2.65 bits per heavy atom. The molecule has 17 heavy (non-hydrogen) atoms. The van der Waals surface area contributed by atoms with E-state index in [0.29, 0.717) is 6.54 Å². The van der Waals surface area contributed by atoms with E-state index in [-0.39, 0.29) is 12.7 Å². The van der Waals surface area contributed by atoms with Crippen molar-refractivity contribution in [3.63, 3.8) is 0 Å². The zero-order chi connectivity index (χ0) is 12.1. The number of rotatable bonds is 6. The smallest absolute Gasteiger partial charge is 0.317 e. The Hall–Kier alpha value is -2.15. The zero-order valence-electron chi connectivity index (χ0n) is 9.10. The van der Waals surface area contributed by atoms with Crippen molar-refractivity contribution in [3.8, 4) is 0 Å². The summed E-state index contributed by atoms with van der Waals surface area (Å²) < 4.78 is 3.39. The summed E-state index contributed by atoms with van der Waals surface area (Å²) >= 11 is 0. The van der Waals surface area contributed by atoms with Crippen LogP contribution >= 0.6 is 0 Å². The van der Waals surface area contributed by atoms with Crippen molar-refractivity contribution in [2.24, 2.45) is 0 Å². The number of carbonyl (C=O) groups is 1. The first-order valence-corrected chi connectivity index (χ1v) is 5.17. The number of aliphatic carboxylic acids is 1. The fraction of sp³-hybridized carbons (Fsp3) is 0.300. The fourth-order valence-electron chi connectivity index (χ4n) is 1.50. The molecule has 0 radical (unpaired) electrons. The highest BCUT2D eigenvalue weighted by atomic mass is 16.4. The van der Waals surface area contributed by atoms with Gasteiger partial charge >= 0.3 is 5.97 Å². The summed E-state index contributed by atoms with van der Waals surface area (Å²) in [4.78, 5) is 10.6. The van der Waals surface area contributed by atoms with Crippen LogP contribution in [-0.4, -0.2) is 37.2 Å². The van der Waals surface area contributed by atoms with E-state index in [1.165, 1.54) is 0 Å². The number of hydrogen-bond donors (Lipinski definition) is 2. The van der Waals surface area contributed by atoms with Crippen LogP contribution in [0.1, 0.15) is 6.17 Å². The van der Waals surface area contributed by atoms with Crippen LogP contribution in [0, 0.1) is 0 Å². The van der Waals surface area contributed by atoms with Crippen LogP contribution in [0.2, 0.25) is 0 Å². The van der Waals surface area contributed by atoms with Gasteiger partial charge in [0.2, 0.25) is 0 Å². The minimum atomic E-state index is -0.900. The van der Waals surface area contributed by atoms with Gasteiger partial charge in [0.15, 0.2) is 0 Å². The molecule has 0 saturated heterocycles. The lowest BCUT2D eigenvalue weighted by atomic mass is 10.4. The lowest BCUT2D eigenvalue weighted by Crippen LogP contribution is -2.34. The van der Waals surface area contributed by atoms with Gasteiger partial charge in [-0.25, -0.2) is 0 Å². The Labute approximate surface area is 97.7 Å². The quantitative estimate of drug-likeness (QED) is 0.733. The predicted molar refractivity (Wildman–Crippen MR) is 59.1 cm³/mol. The lowest BCUT2D eigenvalue weighted by molar-refractivity contribution is -0.136. The SMILES string of the molecule is O=C(O)CNC(Cn1cccn1)n1cccn1. The number of carboxylic acids is 1. The van der Waals surface area contributed by atoms with Gasteiger partial charge in [-0.1, -0.05) is 0 Å². The maximum absolute atomic E-state index is 10.6. The molecule has 2 N–H and O–H groups in total. The average Bonchev–Trinajstić information content (AvgIpc) is 2.96. The molecule has 0 aliphatic rings. The first-order chi connectivity index (χ1) is 8.25. The van der Waals surface area contributed by atoms with E-state index in [1.807, 2.05) is 12.3 Å². The largest absolute Gasteiger partial charge is 0.480 e. The van der Waals surface area contributed by atoms with E-state index in [0.717, 1.165) is 0 Å². The van der Waals surface area contributed by atoms with E-state index in [4.69, 9.17) is 5.11 Å². The third kappa shape index (κ3) is 3.15. The van der Waals surface area contributed by atoms with Crippen LogP contribution in [-0.2, 0) is 11.3 Å². The van der Waals surface area contributed by atoms with Gasteiger partial charge in [0.1, 0.15) is 6.17 Å². The van der Waals surface area contributed by atoms with Crippen LogP contribution in [0.25, 0.3) is 0 Å². The van der Waals surface area contributed by atoms with Gasteiger partial charge < -0.3 is 5.11 Å². The van der Waals surface area contributed by atoms with Crippen LogP contribution in [0.3, 0.4) is 0 Å². The molecule has 0 bridgehead atoms. The highest BCUT2D eigenvalue weighted by molar-refractivity contribution is 5.69. The Kier molecular flexibility index (Phi) is 3.51. The molecule has 0 aliphatic heterocycles. The summed E-state index contributed by atoms with van der Waals surface area (Å²) in [5.41, 5.74) is 0. The van der Waals surface area contributed by atoms with Crippen molar-refractivity contribution in [1.82, 2.24) is 24.9 Å². The third-order valence-corrected chi connectivity index (χ3v) is 2.25. The van der Waals surface area contributed by atoms with E-state index in [2.05, 4.69) is 15.5 Å². The molecule has 2 aromatic rings. The minimum absolute atomic E-state index is 0.119. The van der Waals surface area contributed by atoms with Gasteiger partial charge in [0.05, 0.1) is 13.1 Å². The molecule has 7 heteroatoms. The molecule has 0 saturated carbocycles. The first-order valence-electron chi connectivity index (χ1n) is 5.17. The van der Waals surface area contributed by atoms with Gasteiger partial charge in [-0.2, -0.15) is 10.2 Å². The molecule has 2 rings (SSSR count). The van der Waals surface area contributed by atoms with Gasteiger partial charge in [-0.15, -0.1) is 0 Å². The fourth-order valence-corrected chi connectivity index (χ4v) is 1.50. The van der Waals surface area contributed by atoms with Crippen molar-refractivity contribution >= 4 is 5.97 Å².